The third-order valence-corrected chi connectivity index (χ3v) is 6.21. The molecule has 1 fully saturated rings. The van der Waals surface area contributed by atoms with E-state index in [2.05, 4.69) is 5.32 Å². The Hall–Kier alpha value is -1.94. The van der Waals surface area contributed by atoms with E-state index in [-0.39, 0.29) is 42.0 Å². The normalized spacial score (nSPS) is 24.6. The Morgan fingerprint density at radius 2 is 1.97 bits per heavy atom. The molecule has 0 saturated heterocycles. The Morgan fingerprint density at radius 3 is 2.63 bits per heavy atom. The van der Waals surface area contributed by atoms with Crippen LogP contribution in [0.2, 0.25) is 5.82 Å². The topological polar surface area (TPSA) is 142 Å². The second-order valence-electron chi connectivity index (χ2n) is 8.59. The molecular weight excluding hydrogens is 387 g/mol. The standard InChI is InChI=1S/C21H31BN2O6/c23-16(12-25)11-24-17-6-4-13(5-7-17)8-18(26)10-15-9-14-2-1-3-19(21(27)28)20(14)30-22(15)29/h1-3,13,15-17,24-25,29H,4-12,23H2,(H,27,28)/t13?,15-,16-,17?/m1/s1. The van der Waals surface area contributed by atoms with Gasteiger partial charge in [-0.3, -0.25) is 4.79 Å². The molecule has 0 unspecified atom stereocenters. The summed E-state index contributed by atoms with van der Waals surface area (Å²) >= 11 is 0. The van der Waals surface area contributed by atoms with Crippen molar-refractivity contribution in [2.24, 2.45) is 11.7 Å². The Bertz CT molecular complexity index is 753. The molecule has 0 bridgehead atoms. The Kier molecular flexibility index (Phi) is 7.88. The van der Waals surface area contributed by atoms with Crippen molar-refractivity contribution in [1.29, 1.82) is 0 Å². The van der Waals surface area contributed by atoms with Gasteiger partial charge in [0.15, 0.2) is 0 Å². The van der Waals surface area contributed by atoms with Crippen LogP contribution >= 0.6 is 0 Å². The fraction of sp³-hybridized carbons (Fsp3) is 0.619. The van der Waals surface area contributed by atoms with E-state index < -0.39 is 13.1 Å². The zero-order chi connectivity index (χ0) is 21.7. The summed E-state index contributed by atoms with van der Waals surface area (Å²) < 4.78 is 5.48. The van der Waals surface area contributed by atoms with Crippen LogP contribution < -0.4 is 15.7 Å². The second-order valence-corrected chi connectivity index (χ2v) is 8.59. The van der Waals surface area contributed by atoms with Crippen LogP contribution in [0, 0.1) is 5.92 Å². The first kappa shape index (κ1) is 22.7. The van der Waals surface area contributed by atoms with Crippen LogP contribution in [-0.2, 0) is 11.2 Å². The number of carboxylic acids is 1. The summed E-state index contributed by atoms with van der Waals surface area (Å²) in [7, 11) is -1.18. The van der Waals surface area contributed by atoms with Crippen LogP contribution in [0.5, 0.6) is 5.75 Å². The molecule has 6 N–H and O–H groups in total. The molecule has 1 heterocycles. The zero-order valence-corrected chi connectivity index (χ0v) is 17.1. The van der Waals surface area contributed by atoms with Crippen molar-refractivity contribution < 1.29 is 29.5 Å². The Labute approximate surface area is 176 Å². The maximum absolute atomic E-state index is 12.6. The highest BCUT2D eigenvalue weighted by Gasteiger charge is 2.38. The number of hydrogen-bond acceptors (Lipinski definition) is 7. The number of hydrogen-bond donors (Lipinski definition) is 5. The number of carboxylic acid groups (broad SMARTS) is 1. The van der Waals surface area contributed by atoms with Gasteiger partial charge in [-0.15, -0.1) is 0 Å². The number of rotatable bonds is 9. The van der Waals surface area contributed by atoms with Gasteiger partial charge in [-0.25, -0.2) is 4.79 Å². The number of carbonyl (C=O) groups is 2. The SMILES string of the molecule is N[C@@H](CO)CNC1CCC(CC(=O)C[C@H]2Cc3cccc(C(=O)O)c3OB2O)CC1. The fourth-order valence-corrected chi connectivity index (χ4v) is 4.48. The molecule has 0 aromatic heterocycles. The highest BCUT2D eigenvalue weighted by molar-refractivity contribution is 6.47. The average Bonchev–Trinajstić information content (AvgIpc) is 2.73. The molecule has 1 aliphatic carbocycles. The molecule has 164 valence electrons. The van der Waals surface area contributed by atoms with E-state index in [1.54, 1.807) is 12.1 Å². The second kappa shape index (κ2) is 10.4. The smallest absolute Gasteiger partial charge is 0.526 e. The van der Waals surface area contributed by atoms with E-state index in [0.717, 1.165) is 25.7 Å². The van der Waals surface area contributed by atoms with Gasteiger partial charge in [0, 0.05) is 37.3 Å². The van der Waals surface area contributed by atoms with E-state index in [4.69, 9.17) is 15.5 Å². The molecule has 2 aliphatic rings. The van der Waals surface area contributed by atoms with E-state index in [9.17, 15) is 19.7 Å². The number of nitrogens with two attached hydrogens (primary N) is 1. The summed E-state index contributed by atoms with van der Waals surface area (Å²) in [4.78, 5) is 24.0. The van der Waals surface area contributed by atoms with Gasteiger partial charge in [0.2, 0.25) is 0 Å². The van der Waals surface area contributed by atoms with Gasteiger partial charge >= 0.3 is 13.1 Å². The molecule has 1 saturated carbocycles. The Morgan fingerprint density at radius 1 is 1.23 bits per heavy atom. The summed E-state index contributed by atoms with van der Waals surface area (Å²) in [6.07, 6.45) is 5.03. The molecule has 3 rings (SSSR count). The van der Waals surface area contributed by atoms with Crippen molar-refractivity contribution in [1.82, 2.24) is 5.32 Å². The summed E-state index contributed by atoms with van der Waals surface area (Å²) in [6, 6.07) is 5.01. The van der Waals surface area contributed by atoms with Crippen LogP contribution in [0.25, 0.3) is 0 Å². The first-order valence-corrected chi connectivity index (χ1v) is 10.7. The van der Waals surface area contributed by atoms with Gasteiger partial charge in [0.05, 0.1) is 12.2 Å². The largest absolute Gasteiger partial charge is 0.535 e. The van der Waals surface area contributed by atoms with Crippen molar-refractivity contribution in [2.45, 2.75) is 62.8 Å². The number of nitrogens with one attached hydrogen (secondary N) is 1. The van der Waals surface area contributed by atoms with Gasteiger partial charge in [0.25, 0.3) is 0 Å². The molecule has 30 heavy (non-hydrogen) atoms. The minimum Gasteiger partial charge on any atom is -0.535 e. The minimum atomic E-state index is -1.18. The zero-order valence-electron chi connectivity index (χ0n) is 17.1. The number of aliphatic hydroxyl groups is 1. The molecule has 0 radical (unpaired) electrons. The van der Waals surface area contributed by atoms with Crippen molar-refractivity contribution in [2.75, 3.05) is 13.2 Å². The highest BCUT2D eigenvalue weighted by atomic mass is 16.5. The molecule has 2 atom stereocenters. The van der Waals surface area contributed by atoms with Crippen LogP contribution in [-0.4, -0.2) is 59.3 Å². The van der Waals surface area contributed by atoms with Crippen LogP contribution in [0.3, 0.4) is 0 Å². The lowest BCUT2D eigenvalue weighted by molar-refractivity contribution is -0.120. The molecule has 9 heteroatoms. The molecular formula is C21H31BN2O6. The fourth-order valence-electron chi connectivity index (χ4n) is 4.48. The number of ketones is 1. The van der Waals surface area contributed by atoms with Crippen molar-refractivity contribution in [3.63, 3.8) is 0 Å². The van der Waals surface area contributed by atoms with Crippen LogP contribution in [0.4, 0.5) is 0 Å². The maximum atomic E-state index is 12.6. The quantitative estimate of drug-likeness (QED) is 0.374. The lowest BCUT2D eigenvalue weighted by Gasteiger charge is -2.31. The summed E-state index contributed by atoms with van der Waals surface area (Å²) in [6.45, 7) is 0.561. The first-order chi connectivity index (χ1) is 14.4. The summed E-state index contributed by atoms with van der Waals surface area (Å²) in [5.41, 5.74) is 6.46. The van der Waals surface area contributed by atoms with Gasteiger partial charge in [-0.05, 0) is 49.7 Å². The number of Topliss-reactive ketones (excluding diaryl/α,β-unsaturated/α-hetero) is 1. The van der Waals surface area contributed by atoms with Gasteiger partial charge in [0.1, 0.15) is 11.5 Å². The lowest BCUT2D eigenvalue weighted by atomic mass is 9.64. The van der Waals surface area contributed by atoms with Crippen LogP contribution in [0.1, 0.15) is 54.4 Å². The van der Waals surface area contributed by atoms with Gasteiger partial charge in [-0.1, -0.05) is 12.1 Å². The summed E-state index contributed by atoms with van der Waals surface area (Å²) in [5.74, 6) is -0.814. The van der Waals surface area contributed by atoms with Gasteiger partial charge in [-0.2, -0.15) is 0 Å². The monoisotopic (exact) mass is 418 g/mol. The molecule has 0 amide bonds. The van der Waals surface area contributed by atoms with Crippen molar-refractivity contribution >= 4 is 18.9 Å². The molecule has 8 nitrogen and oxygen atoms in total. The Balaban J connectivity index is 1.47. The predicted octanol–water partition coefficient (Wildman–Crippen LogP) is 0.988. The minimum absolute atomic E-state index is 0.0293. The van der Waals surface area contributed by atoms with Gasteiger partial charge < -0.3 is 30.9 Å². The number of carbonyl (C=O) groups excluding carboxylic acids is 1. The third kappa shape index (κ3) is 5.82. The number of aromatic carboxylic acids is 1. The van der Waals surface area contributed by atoms with Crippen LogP contribution in [0.15, 0.2) is 18.2 Å². The predicted molar refractivity (Wildman–Crippen MR) is 113 cm³/mol. The van der Waals surface area contributed by atoms with Crippen molar-refractivity contribution in [3.8, 4) is 5.75 Å². The van der Waals surface area contributed by atoms with E-state index >= 15 is 0 Å². The number of fused-ring (bicyclic) bond motifs is 1. The van der Waals surface area contributed by atoms with E-state index in [1.165, 1.54) is 6.07 Å². The highest BCUT2D eigenvalue weighted by Crippen LogP contribution is 2.37. The van der Waals surface area contributed by atoms with E-state index in [0.29, 0.717) is 36.9 Å². The third-order valence-electron chi connectivity index (χ3n) is 6.21. The molecule has 1 aliphatic heterocycles. The lowest BCUT2D eigenvalue weighted by Crippen LogP contribution is -2.43. The van der Waals surface area contributed by atoms with Crippen molar-refractivity contribution in [3.05, 3.63) is 29.3 Å². The van der Waals surface area contributed by atoms with E-state index in [1.807, 2.05) is 0 Å². The molecule has 1 aromatic carbocycles. The number of para-hydroxylation sites is 1. The molecule has 0 spiro atoms. The molecule has 1 aromatic rings. The summed E-state index contributed by atoms with van der Waals surface area (Å²) in [5, 5.41) is 32.0. The number of aliphatic hydroxyl groups excluding tert-OH is 1. The maximum Gasteiger partial charge on any atom is 0.526 e. The number of benzene rings is 1. The first-order valence-electron chi connectivity index (χ1n) is 10.7. The average molecular weight is 418 g/mol.